The fraction of sp³-hybridized carbons (Fsp3) is 0.238. The maximum Gasteiger partial charge on any atom is 0.146 e. The Bertz CT molecular complexity index is 700. The molecule has 0 N–H and O–H groups in total. The highest BCUT2D eigenvalue weighted by Crippen LogP contribution is 2.44. The van der Waals surface area contributed by atoms with Crippen LogP contribution in [-0.4, -0.2) is 6.16 Å². The SMILES string of the molecule is C=C1CCCCC1=CCP(=O)(c1ccccc1)c1ccccc1. The molecule has 1 nitrogen and oxygen atoms in total. The number of hydrogen-bond donors (Lipinski definition) is 0. The first-order valence-electron chi connectivity index (χ1n) is 8.27. The third kappa shape index (κ3) is 3.57. The second-order valence-electron chi connectivity index (χ2n) is 6.13. The van der Waals surface area contributed by atoms with E-state index in [4.69, 9.17) is 0 Å². The first kappa shape index (κ1) is 16.0. The molecule has 0 saturated heterocycles. The van der Waals surface area contributed by atoms with Crippen molar-refractivity contribution in [2.45, 2.75) is 25.7 Å². The Labute approximate surface area is 139 Å². The van der Waals surface area contributed by atoms with Crippen molar-refractivity contribution in [3.05, 3.63) is 84.5 Å². The van der Waals surface area contributed by atoms with E-state index in [9.17, 15) is 4.57 Å². The van der Waals surface area contributed by atoms with Crippen LogP contribution in [0, 0.1) is 0 Å². The van der Waals surface area contributed by atoms with E-state index in [-0.39, 0.29) is 0 Å². The van der Waals surface area contributed by atoms with Crippen LogP contribution in [0.4, 0.5) is 0 Å². The van der Waals surface area contributed by atoms with Gasteiger partial charge in [0.05, 0.1) is 0 Å². The summed E-state index contributed by atoms with van der Waals surface area (Å²) in [6.07, 6.45) is 7.35. The average molecular weight is 322 g/mol. The molecule has 23 heavy (non-hydrogen) atoms. The summed E-state index contributed by atoms with van der Waals surface area (Å²) in [5.74, 6) is 0. The number of rotatable bonds is 4. The van der Waals surface area contributed by atoms with Crippen molar-refractivity contribution in [2.75, 3.05) is 6.16 Å². The predicted octanol–water partition coefficient (Wildman–Crippen LogP) is 5.06. The summed E-state index contributed by atoms with van der Waals surface area (Å²) in [6.45, 7) is 4.18. The summed E-state index contributed by atoms with van der Waals surface area (Å²) in [5.41, 5.74) is 2.53. The normalized spacial score (nSPS) is 17.4. The largest absolute Gasteiger partial charge is 0.313 e. The van der Waals surface area contributed by atoms with E-state index in [1.807, 2.05) is 60.7 Å². The lowest BCUT2D eigenvalue weighted by Gasteiger charge is -2.21. The van der Waals surface area contributed by atoms with Gasteiger partial charge in [-0.2, -0.15) is 0 Å². The van der Waals surface area contributed by atoms with Crippen LogP contribution in [0.1, 0.15) is 25.7 Å². The van der Waals surface area contributed by atoms with Crippen molar-refractivity contribution < 1.29 is 4.57 Å². The molecule has 0 aliphatic heterocycles. The fourth-order valence-electron chi connectivity index (χ4n) is 3.17. The van der Waals surface area contributed by atoms with Crippen LogP contribution in [0.5, 0.6) is 0 Å². The average Bonchev–Trinajstić information content (AvgIpc) is 2.62. The molecule has 0 heterocycles. The smallest absolute Gasteiger partial charge is 0.146 e. The molecule has 0 unspecified atom stereocenters. The maximum atomic E-state index is 13.9. The highest BCUT2D eigenvalue weighted by atomic mass is 31.2. The fourth-order valence-corrected chi connectivity index (χ4v) is 5.68. The van der Waals surface area contributed by atoms with Crippen LogP contribution < -0.4 is 10.6 Å². The lowest BCUT2D eigenvalue weighted by molar-refractivity contribution is 0.588. The Kier molecular flexibility index (Phi) is 4.98. The van der Waals surface area contributed by atoms with Crippen molar-refractivity contribution in [1.29, 1.82) is 0 Å². The van der Waals surface area contributed by atoms with Gasteiger partial charge in [-0.15, -0.1) is 0 Å². The van der Waals surface area contributed by atoms with Gasteiger partial charge in [-0.25, -0.2) is 0 Å². The molecule has 2 aromatic rings. The number of allylic oxidation sites excluding steroid dienone is 3. The molecule has 0 aromatic heterocycles. The van der Waals surface area contributed by atoms with E-state index in [2.05, 4.69) is 12.7 Å². The Morgan fingerprint density at radius 2 is 1.39 bits per heavy atom. The topological polar surface area (TPSA) is 17.1 Å². The Hall–Kier alpha value is -1.85. The van der Waals surface area contributed by atoms with Gasteiger partial charge in [0, 0.05) is 16.8 Å². The van der Waals surface area contributed by atoms with Gasteiger partial charge in [-0.3, -0.25) is 0 Å². The first-order valence-corrected chi connectivity index (χ1v) is 10.2. The molecule has 1 aliphatic carbocycles. The number of benzene rings is 2. The molecule has 0 radical (unpaired) electrons. The molecular formula is C21H23OP. The van der Waals surface area contributed by atoms with Crippen molar-refractivity contribution in [2.24, 2.45) is 0 Å². The lowest BCUT2D eigenvalue weighted by atomic mass is 9.91. The Morgan fingerprint density at radius 3 is 1.91 bits per heavy atom. The van der Waals surface area contributed by atoms with Gasteiger partial charge in [-0.05, 0) is 31.3 Å². The number of hydrogen-bond acceptors (Lipinski definition) is 1. The quantitative estimate of drug-likeness (QED) is 0.719. The minimum atomic E-state index is -2.63. The molecule has 118 valence electrons. The molecule has 1 saturated carbocycles. The van der Waals surface area contributed by atoms with E-state index in [1.54, 1.807) is 0 Å². The monoisotopic (exact) mass is 322 g/mol. The van der Waals surface area contributed by atoms with Crippen molar-refractivity contribution in [1.82, 2.24) is 0 Å². The molecule has 3 rings (SSSR count). The second kappa shape index (κ2) is 7.15. The lowest BCUT2D eigenvalue weighted by Crippen LogP contribution is -2.18. The second-order valence-corrected chi connectivity index (χ2v) is 9.01. The summed E-state index contributed by atoms with van der Waals surface area (Å²) in [4.78, 5) is 0. The summed E-state index contributed by atoms with van der Waals surface area (Å²) in [6, 6.07) is 19.8. The van der Waals surface area contributed by atoms with Gasteiger partial charge < -0.3 is 4.57 Å². The van der Waals surface area contributed by atoms with Crippen LogP contribution in [0.2, 0.25) is 0 Å². The van der Waals surface area contributed by atoms with Crippen molar-refractivity contribution in [3.8, 4) is 0 Å². The molecule has 0 atom stereocenters. The highest BCUT2D eigenvalue weighted by Gasteiger charge is 2.26. The third-order valence-electron chi connectivity index (χ3n) is 4.57. The summed E-state index contributed by atoms with van der Waals surface area (Å²) in [7, 11) is -2.63. The zero-order valence-electron chi connectivity index (χ0n) is 13.4. The molecule has 0 bridgehead atoms. The minimum Gasteiger partial charge on any atom is -0.313 e. The van der Waals surface area contributed by atoms with Crippen LogP contribution in [-0.2, 0) is 4.57 Å². The molecule has 2 aromatic carbocycles. The maximum absolute atomic E-state index is 13.9. The van der Waals surface area contributed by atoms with Gasteiger partial charge in [0.1, 0.15) is 7.14 Å². The Balaban J connectivity index is 1.98. The standard InChI is InChI=1S/C21H23OP/c1-18-10-8-9-11-19(18)16-17-23(22,20-12-4-2-5-13-20)21-14-6-3-7-15-21/h2-7,12-16H,1,8-11,17H2. The van der Waals surface area contributed by atoms with Crippen LogP contribution in [0.3, 0.4) is 0 Å². The first-order chi connectivity index (χ1) is 11.2. The molecule has 1 aliphatic rings. The Morgan fingerprint density at radius 1 is 0.870 bits per heavy atom. The highest BCUT2D eigenvalue weighted by molar-refractivity contribution is 7.78. The zero-order valence-corrected chi connectivity index (χ0v) is 14.3. The summed E-state index contributed by atoms with van der Waals surface area (Å²) in [5, 5.41) is 1.87. The van der Waals surface area contributed by atoms with E-state index < -0.39 is 7.14 Å². The van der Waals surface area contributed by atoms with Gasteiger partial charge >= 0.3 is 0 Å². The van der Waals surface area contributed by atoms with Crippen LogP contribution >= 0.6 is 7.14 Å². The predicted molar refractivity (Wildman–Crippen MR) is 100 cm³/mol. The zero-order chi connectivity index (χ0) is 16.1. The minimum absolute atomic E-state index is 0.579. The van der Waals surface area contributed by atoms with Crippen LogP contribution in [0.25, 0.3) is 0 Å². The third-order valence-corrected chi connectivity index (χ3v) is 7.53. The van der Waals surface area contributed by atoms with Gasteiger partial charge in [0.2, 0.25) is 0 Å². The molecule has 0 spiro atoms. The van der Waals surface area contributed by atoms with Gasteiger partial charge in [0.15, 0.2) is 0 Å². The van der Waals surface area contributed by atoms with Gasteiger partial charge in [0.25, 0.3) is 0 Å². The molecule has 2 heteroatoms. The molecular weight excluding hydrogens is 299 g/mol. The van der Waals surface area contributed by atoms with E-state index >= 15 is 0 Å². The molecule has 1 fully saturated rings. The summed E-state index contributed by atoms with van der Waals surface area (Å²) >= 11 is 0. The van der Waals surface area contributed by atoms with E-state index in [0.717, 1.165) is 23.5 Å². The summed E-state index contributed by atoms with van der Waals surface area (Å²) < 4.78 is 13.9. The van der Waals surface area contributed by atoms with Crippen molar-refractivity contribution in [3.63, 3.8) is 0 Å². The van der Waals surface area contributed by atoms with Crippen LogP contribution in [0.15, 0.2) is 84.5 Å². The van der Waals surface area contributed by atoms with E-state index in [1.165, 1.54) is 24.0 Å². The van der Waals surface area contributed by atoms with Crippen molar-refractivity contribution >= 4 is 17.8 Å². The molecule has 0 amide bonds. The van der Waals surface area contributed by atoms with Gasteiger partial charge in [-0.1, -0.05) is 78.9 Å². The van der Waals surface area contributed by atoms with E-state index in [0.29, 0.717) is 6.16 Å².